The minimum absolute atomic E-state index is 0.120. The fraction of sp³-hybridized carbons (Fsp3) is 0.500. The summed E-state index contributed by atoms with van der Waals surface area (Å²) in [5, 5.41) is 1.14. The number of fused-ring (bicyclic) bond motifs is 1. The Labute approximate surface area is 131 Å². The summed E-state index contributed by atoms with van der Waals surface area (Å²) < 4.78 is 5.42. The Kier molecular flexibility index (Phi) is 4.21. The summed E-state index contributed by atoms with van der Waals surface area (Å²) in [5.41, 5.74) is 4.25. The van der Waals surface area contributed by atoms with Gasteiger partial charge in [-0.3, -0.25) is 4.79 Å². The van der Waals surface area contributed by atoms with Gasteiger partial charge < -0.3 is 14.6 Å². The fourth-order valence-electron chi connectivity index (χ4n) is 3.17. The average molecular weight is 300 g/mol. The van der Waals surface area contributed by atoms with Crippen LogP contribution in [0.3, 0.4) is 0 Å². The normalized spacial score (nSPS) is 18.0. The first-order valence-corrected chi connectivity index (χ1v) is 8.06. The number of benzene rings is 1. The second-order valence-corrected chi connectivity index (χ2v) is 6.21. The van der Waals surface area contributed by atoms with Gasteiger partial charge in [0, 0.05) is 47.8 Å². The van der Waals surface area contributed by atoms with Crippen molar-refractivity contribution < 1.29 is 9.53 Å². The molecule has 1 aliphatic rings. The third-order valence-electron chi connectivity index (χ3n) is 4.73. The van der Waals surface area contributed by atoms with Crippen LogP contribution in [0.25, 0.3) is 10.9 Å². The van der Waals surface area contributed by atoms with Crippen molar-refractivity contribution in [2.75, 3.05) is 26.3 Å². The summed E-state index contributed by atoms with van der Waals surface area (Å²) in [6.07, 6.45) is 1.05. The average Bonchev–Trinajstić information content (AvgIpc) is 3.13. The van der Waals surface area contributed by atoms with Crippen molar-refractivity contribution in [2.45, 2.75) is 27.2 Å². The molecule has 1 atom stereocenters. The van der Waals surface area contributed by atoms with Gasteiger partial charge in [0.2, 0.25) is 0 Å². The summed E-state index contributed by atoms with van der Waals surface area (Å²) in [4.78, 5) is 18.1. The van der Waals surface area contributed by atoms with Crippen molar-refractivity contribution in [3.63, 3.8) is 0 Å². The standard InChI is InChI=1S/C18H24N2O2/c1-4-20(10-14-7-8-22-11-14)18(21)15-5-6-17-16(9-15)12(2)13(3)19-17/h5-6,9,14,19H,4,7-8,10-11H2,1-3H3/t14-/m1/s1. The van der Waals surface area contributed by atoms with E-state index in [0.29, 0.717) is 5.92 Å². The smallest absolute Gasteiger partial charge is 0.253 e. The molecule has 0 radical (unpaired) electrons. The van der Waals surface area contributed by atoms with Crippen LogP contribution < -0.4 is 0 Å². The monoisotopic (exact) mass is 300 g/mol. The van der Waals surface area contributed by atoms with Gasteiger partial charge >= 0.3 is 0 Å². The zero-order valence-corrected chi connectivity index (χ0v) is 13.6. The van der Waals surface area contributed by atoms with Gasteiger partial charge in [-0.2, -0.15) is 0 Å². The van der Waals surface area contributed by atoms with E-state index in [0.717, 1.165) is 54.9 Å². The maximum atomic E-state index is 12.8. The number of hydrogen-bond acceptors (Lipinski definition) is 2. The first-order valence-electron chi connectivity index (χ1n) is 8.06. The molecule has 2 heterocycles. The van der Waals surface area contributed by atoms with Gasteiger partial charge in [-0.15, -0.1) is 0 Å². The van der Waals surface area contributed by atoms with E-state index in [-0.39, 0.29) is 5.91 Å². The van der Waals surface area contributed by atoms with Crippen molar-refractivity contribution in [3.05, 3.63) is 35.0 Å². The van der Waals surface area contributed by atoms with E-state index in [4.69, 9.17) is 4.74 Å². The number of rotatable bonds is 4. The molecule has 1 aromatic carbocycles. The number of nitrogens with zero attached hydrogens (tertiary/aromatic N) is 1. The first-order chi connectivity index (χ1) is 10.6. The van der Waals surface area contributed by atoms with E-state index in [1.165, 1.54) is 5.56 Å². The minimum atomic E-state index is 0.120. The van der Waals surface area contributed by atoms with Gasteiger partial charge in [-0.05, 0) is 51.0 Å². The summed E-state index contributed by atoms with van der Waals surface area (Å²) in [7, 11) is 0. The molecular weight excluding hydrogens is 276 g/mol. The topological polar surface area (TPSA) is 45.3 Å². The number of carbonyl (C=O) groups is 1. The van der Waals surface area contributed by atoms with Crippen LogP contribution in [0.2, 0.25) is 0 Å². The van der Waals surface area contributed by atoms with Gasteiger partial charge in [0.1, 0.15) is 0 Å². The van der Waals surface area contributed by atoms with Crippen LogP contribution in [0.4, 0.5) is 0 Å². The Morgan fingerprint density at radius 3 is 2.91 bits per heavy atom. The highest BCUT2D eigenvalue weighted by Crippen LogP contribution is 2.23. The van der Waals surface area contributed by atoms with Crippen molar-refractivity contribution >= 4 is 16.8 Å². The Bertz CT molecular complexity index is 684. The molecule has 3 rings (SSSR count). The third kappa shape index (κ3) is 2.75. The number of carbonyl (C=O) groups excluding carboxylic acids is 1. The second kappa shape index (κ2) is 6.13. The number of ether oxygens (including phenoxy) is 1. The lowest BCUT2D eigenvalue weighted by atomic mass is 10.1. The highest BCUT2D eigenvalue weighted by Gasteiger charge is 2.22. The number of aromatic amines is 1. The predicted octanol–water partition coefficient (Wildman–Crippen LogP) is 3.28. The van der Waals surface area contributed by atoms with Crippen LogP contribution in [0.5, 0.6) is 0 Å². The lowest BCUT2D eigenvalue weighted by Crippen LogP contribution is -2.35. The quantitative estimate of drug-likeness (QED) is 0.942. The molecule has 22 heavy (non-hydrogen) atoms. The van der Waals surface area contributed by atoms with Crippen molar-refractivity contribution in [1.29, 1.82) is 0 Å². The zero-order valence-electron chi connectivity index (χ0n) is 13.6. The molecular formula is C18H24N2O2. The number of amides is 1. The van der Waals surface area contributed by atoms with Gasteiger partial charge in [0.05, 0.1) is 6.61 Å². The third-order valence-corrected chi connectivity index (χ3v) is 4.73. The molecule has 118 valence electrons. The number of H-pyrrole nitrogens is 1. The van der Waals surface area contributed by atoms with E-state index in [2.05, 4.69) is 18.8 Å². The molecule has 1 fully saturated rings. The Morgan fingerprint density at radius 2 is 2.23 bits per heavy atom. The van der Waals surface area contributed by atoms with Crippen LogP contribution in [0.15, 0.2) is 18.2 Å². The van der Waals surface area contributed by atoms with E-state index < -0.39 is 0 Å². The lowest BCUT2D eigenvalue weighted by molar-refractivity contribution is 0.0731. The van der Waals surface area contributed by atoms with Gasteiger partial charge in [0.15, 0.2) is 0 Å². The van der Waals surface area contributed by atoms with Crippen molar-refractivity contribution in [1.82, 2.24) is 9.88 Å². The number of nitrogens with one attached hydrogen (secondary N) is 1. The molecule has 1 aromatic heterocycles. The van der Waals surface area contributed by atoms with Gasteiger partial charge in [-0.25, -0.2) is 0 Å². The Morgan fingerprint density at radius 1 is 1.41 bits per heavy atom. The second-order valence-electron chi connectivity index (χ2n) is 6.21. The molecule has 0 saturated carbocycles. The van der Waals surface area contributed by atoms with Gasteiger partial charge in [-0.1, -0.05) is 0 Å². The summed E-state index contributed by atoms with van der Waals surface area (Å²) >= 11 is 0. The molecule has 1 aliphatic heterocycles. The fourth-order valence-corrected chi connectivity index (χ4v) is 3.17. The molecule has 0 aliphatic carbocycles. The van der Waals surface area contributed by atoms with Crippen LogP contribution in [0.1, 0.15) is 35.0 Å². The Balaban J connectivity index is 1.84. The zero-order chi connectivity index (χ0) is 15.7. The van der Waals surface area contributed by atoms with E-state index in [9.17, 15) is 4.79 Å². The molecule has 0 bridgehead atoms. The number of aryl methyl sites for hydroxylation is 2. The maximum Gasteiger partial charge on any atom is 0.253 e. The van der Waals surface area contributed by atoms with Gasteiger partial charge in [0.25, 0.3) is 5.91 Å². The summed E-state index contributed by atoms with van der Waals surface area (Å²) in [5.74, 6) is 0.596. The highest BCUT2D eigenvalue weighted by atomic mass is 16.5. The summed E-state index contributed by atoms with van der Waals surface area (Å²) in [6.45, 7) is 9.32. The summed E-state index contributed by atoms with van der Waals surface area (Å²) in [6, 6.07) is 5.95. The van der Waals surface area contributed by atoms with Crippen LogP contribution >= 0.6 is 0 Å². The molecule has 0 spiro atoms. The molecule has 1 N–H and O–H groups in total. The molecule has 1 amide bonds. The van der Waals surface area contributed by atoms with Crippen molar-refractivity contribution in [3.8, 4) is 0 Å². The predicted molar refractivity (Wildman–Crippen MR) is 88.3 cm³/mol. The highest BCUT2D eigenvalue weighted by molar-refractivity contribution is 5.99. The number of aromatic nitrogens is 1. The maximum absolute atomic E-state index is 12.8. The largest absolute Gasteiger partial charge is 0.381 e. The molecule has 0 unspecified atom stereocenters. The Hall–Kier alpha value is -1.81. The molecule has 4 nitrogen and oxygen atoms in total. The van der Waals surface area contributed by atoms with E-state index >= 15 is 0 Å². The molecule has 4 heteroatoms. The van der Waals surface area contributed by atoms with Crippen molar-refractivity contribution in [2.24, 2.45) is 5.92 Å². The van der Waals surface area contributed by atoms with Crippen LogP contribution in [-0.2, 0) is 4.74 Å². The van der Waals surface area contributed by atoms with Crippen LogP contribution in [-0.4, -0.2) is 42.1 Å². The SMILES string of the molecule is CCN(C[C@H]1CCOC1)C(=O)c1ccc2[nH]c(C)c(C)c2c1. The minimum Gasteiger partial charge on any atom is -0.381 e. The lowest BCUT2D eigenvalue weighted by Gasteiger charge is -2.24. The van der Waals surface area contributed by atoms with E-state index in [1.54, 1.807) is 0 Å². The number of hydrogen-bond donors (Lipinski definition) is 1. The first kappa shape index (κ1) is 15.1. The van der Waals surface area contributed by atoms with E-state index in [1.807, 2.05) is 30.0 Å². The molecule has 2 aromatic rings. The van der Waals surface area contributed by atoms with Crippen LogP contribution in [0, 0.1) is 19.8 Å². The molecule has 1 saturated heterocycles.